The van der Waals surface area contributed by atoms with Crippen LogP contribution < -0.4 is 0 Å². The number of esters is 1. The number of halogens is 1. The molecule has 5 heteroatoms. The van der Waals surface area contributed by atoms with Crippen LogP contribution in [-0.4, -0.2) is 17.6 Å². The lowest BCUT2D eigenvalue weighted by molar-refractivity contribution is -0.137. The first-order valence-electron chi connectivity index (χ1n) is 3.68. The molecule has 0 radical (unpaired) electrons. The molecule has 3 nitrogen and oxygen atoms in total. The third kappa shape index (κ3) is 3.57. The first-order valence-corrected chi connectivity index (χ1v) is 4.88. The van der Waals surface area contributed by atoms with Crippen molar-refractivity contribution in [3.8, 4) is 0 Å². The van der Waals surface area contributed by atoms with Gasteiger partial charge in [-0.15, -0.1) is 11.3 Å². The second-order valence-electron chi connectivity index (χ2n) is 2.10. The summed E-state index contributed by atoms with van der Waals surface area (Å²) in [5, 5.41) is 0. The van der Waals surface area contributed by atoms with E-state index in [1.165, 1.54) is 17.4 Å². The molecular formula is C8H8ClNO2S. The predicted octanol–water partition coefficient (Wildman–Crippen LogP) is 2.37. The highest BCUT2D eigenvalue weighted by molar-refractivity contribution is 7.16. The number of nitrogens with zero attached hydrogens (tertiary/aromatic N) is 1. The number of ether oxygens (including phenoxy) is 1. The van der Waals surface area contributed by atoms with Crippen LogP contribution in [0.15, 0.2) is 12.3 Å². The number of hydrogen-bond donors (Lipinski definition) is 0. The fourth-order valence-electron chi connectivity index (χ4n) is 0.682. The molecule has 13 heavy (non-hydrogen) atoms. The average Bonchev–Trinajstić information content (AvgIpc) is 2.49. The van der Waals surface area contributed by atoms with Gasteiger partial charge in [-0.3, -0.25) is 0 Å². The van der Waals surface area contributed by atoms with Crippen LogP contribution >= 0.6 is 22.9 Å². The number of aromatic nitrogens is 1. The van der Waals surface area contributed by atoms with Crippen LogP contribution in [0.25, 0.3) is 6.08 Å². The van der Waals surface area contributed by atoms with Crippen LogP contribution in [0, 0.1) is 0 Å². The molecule has 0 bridgehead atoms. The van der Waals surface area contributed by atoms with Gasteiger partial charge in [0.2, 0.25) is 0 Å². The van der Waals surface area contributed by atoms with Gasteiger partial charge >= 0.3 is 5.97 Å². The predicted molar refractivity (Wildman–Crippen MR) is 52.8 cm³/mol. The molecule has 1 aromatic rings. The molecule has 70 valence electrons. The third-order valence-electron chi connectivity index (χ3n) is 1.17. The summed E-state index contributed by atoms with van der Waals surface area (Å²) in [6.45, 7) is 2.14. The molecule has 0 aromatic carbocycles. The van der Waals surface area contributed by atoms with E-state index in [0.717, 1.165) is 4.88 Å². The van der Waals surface area contributed by atoms with Crippen LogP contribution in [0.5, 0.6) is 0 Å². The Morgan fingerprint density at radius 3 is 3.15 bits per heavy atom. The Hall–Kier alpha value is -0.870. The minimum atomic E-state index is -0.355. The van der Waals surface area contributed by atoms with E-state index in [0.29, 0.717) is 11.1 Å². The van der Waals surface area contributed by atoms with E-state index in [1.54, 1.807) is 19.2 Å². The summed E-state index contributed by atoms with van der Waals surface area (Å²) in [6.07, 6.45) is 4.58. The molecule has 0 aliphatic rings. The van der Waals surface area contributed by atoms with Gasteiger partial charge in [0.1, 0.15) is 0 Å². The fourth-order valence-corrected chi connectivity index (χ4v) is 1.54. The summed E-state index contributed by atoms with van der Waals surface area (Å²) in [5.41, 5.74) is 0. The van der Waals surface area contributed by atoms with Crippen LogP contribution in [0.2, 0.25) is 4.47 Å². The van der Waals surface area contributed by atoms with Crippen molar-refractivity contribution < 1.29 is 9.53 Å². The Morgan fingerprint density at radius 2 is 2.62 bits per heavy atom. The molecular weight excluding hydrogens is 210 g/mol. The largest absolute Gasteiger partial charge is 0.463 e. The summed E-state index contributed by atoms with van der Waals surface area (Å²) in [4.78, 5) is 15.5. The molecule has 0 saturated carbocycles. The zero-order chi connectivity index (χ0) is 9.68. The first-order chi connectivity index (χ1) is 6.22. The molecule has 1 rings (SSSR count). The van der Waals surface area contributed by atoms with Gasteiger partial charge in [-0.1, -0.05) is 11.6 Å². The van der Waals surface area contributed by atoms with Crippen molar-refractivity contribution >= 4 is 35.0 Å². The van der Waals surface area contributed by atoms with Crippen molar-refractivity contribution in [3.63, 3.8) is 0 Å². The summed E-state index contributed by atoms with van der Waals surface area (Å²) in [6, 6.07) is 0. The molecule has 1 heterocycles. The van der Waals surface area contributed by atoms with Crippen LogP contribution in [0.3, 0.4) is 0 Å². The normalized spacial score (nSPS) is 10.6. The molecule has 0 fully saturated rings. The molecule has 0 N–H and O–H groups in total. The van der Waals surface area contributed by atoms with E-state index in [-0.39, 0.29) is 5.97 Å². The number of carbonyl (C=O) groups excluding carboxylic acids is 1. The highest BCUT2D eigenvalue weighted by Gasteiger charge is 1.97. The smallest absolute Gasteiger partial charge is 0.330 e. The molecule has 0 atom stereocenters. The zero-order valence-corrected chi connectivity index (χ0v) is 8.56. The van der Waals surface area contributed by atoms with Gasteiger partial charge in [0.05, 0.1) is 6.61 Å². The highest BCUT2D eigenvalue weighted by Crippen LogP contribution is 2.18. The van der Waals surface area contributed by atoms with Gasteiger partial charge in [-0.05, 0) is 13.0 Å². The number of thiazole rings is 1. The maximum absolute atomic E-state index is 10.9. The fraction of sp³-hybridized carbons (Fsp3) is 0.250. The second-order valence-corrected chi connectivity index (χ2v) is 3.75. The molecule has 0 saturated heterocycles. The van der Waals surface area contributed by atoms with Crippen LogP contribution in [-0.2, 0) is 9.53 Å². The van der Waals surface area contributed by atoms with Gasteiger partial charge < -0.3 is 4.74 Å². The maximum Gasteiger partial charge on any atom is 0.330 e. The summed E-state index contributed by atoms with van der Waals surface area (Å²) < 4.78 is 5.16. The topological polar surface area (TPSA) is 39.2 Å². The lowest BCUT2D eigenvalue weighted by Crippen LogP contribution is -1.98. The second kappa shape index (κ2) is 4.99. The molecule has 0 aliphatic heterocycles. The van der Waals surface area contributed by atoms with Crippen molar-refractivity contribution in [3.05, 3.63) is 21.6 Å². The van der Waals surface area contributed by atoms with Crippen LogP contribution in [0.1, 0.15) is 11.8 Å². The van der Waals surface area contributed by atoms with Crippen molar-refractivity contribution in [2.24, 2.45) is 0 Å². The van der Waals surface area contributed by atoms with Crippen molar-refractivity contribution in [2.45, 2.75) is 6.92 Å². The van der Waals surface area contributed by atoms with Gasteiger partial charge in [-0.2, -0.15) is 0 Å². The lowest BCUT2D eigenvalue weighted by Gasteiger charge is -1.92. The van der Waals surface area contributed by atoms with Crippen molar-refractivity contribution in [1.29, 1.82) is 0 Å². The molecule has 0 spiro atoms. The minimum absolute atomic E-state index is 0.355. The Morgan fingerprint density at radius 1 is 1.85 bits per heavy atom. The van der Waals surface area contributed by atoms with Crippen molar-refractivity contribution in [2.75, 3.05) is 6.61 Å². The van der Waals surface area contributed by atoms with E-state index in [2.05, 4.69) is 4.98 Å². The Kier molecular flexibility index (Phi) is 3.92. The Balaban J connectivity index is 2.53. The summed E-state index contributed by atoms with van der Waals surface area (Å²) in [5.74, 6) is -0.355. The van der Waals surface area contributed by atoms with Gasteiger partial charge in [0, 0.05) is 17.2 Å². The van der Waals surface area contributed by atoms with E-state index in [4.69, 9.17) is 16.3 Å². The zero-order valence-electron chi connectivity index (χ0n) is 6.99. The van der Waals surface area contributed by atoms with Gasteiger partial charge in [0.15, 0.2) is 4.47 Å². The van der Waals surface area contributed by atoms with E-state index in [1.807, 2.05) is 0 Å². The molecule has 0 aliphatic carbocycles. The number of hydrogen-bond acceptors (Lipinski definition) is 4. The Labute approximate surface area is 85.0 Å². The summed E-state index contributed by atoms with van der Waals surface area (Å²) in [7, 11) is 0. The van der Waals surface area contributed by atoms with Crippen LogP contribution in [0.4, 0.5) is 0 Å². The minimum Gasteiger partial charge on any atom is -0.463 e. The summed E-state index contributed by atoms with van der Waals surface area (Å²) >= 11 is 6.90. The van der Waals surface area contributed by atoms with Crippen molar-refractivity contribution in [1.82, 2.24) is 4.98 Å². The lowest BCUT2D eigenvalue weighted by atomic mass is 10.4. The quantitative estimate of drug-likeness (QED) is 0.577. The number of carbonyl (C=O) groups is 1. The number of rotatable bonds is 3. The first kappa shape index (κ1) is 10.2. The Bertz CT molecular complexity index is 322. The highest BCUT2D eigenvalue weighted by atomic mass is 35.5. The van der Waals surface area contributed by atoms with Gasteiger partial charge in [0.25, 0.3) is 0 Å². The average molecular weight is 218 g/mol. The maximum atomic E-state index is 10.9. The SMILES string of the molecule is CCOC(=O)/C=C/c1cnc(Cl)s1. The van der Waals surface area contributed by atoms with E-state index < -0.39 is 0 Å². The van der Waals surface area contributed by atoms with E-state index >= 15 is 0 Å². The monoisotopic (exact) mass is 217 g/mol. The molecule has 0 unspecified atom stereocenters. The van der Waals surface area contributed by atoms with Gasteiger partial charge in [-0.25, -0.2) is 9.78 Å². The molecule has 0 amide bonds. The third-order valence-corrected chi connectivity index (χ3v) is 2.25. The standard InChI is InChI=1S/C8H8ClNO2S/c1-2-12-7(11)4-3-6-5-10-8(9)13-6/h3-5H,2H2,1H3/b4-3+. The molecule has 1 aromatic heterocycles. The van der Waals surface area contributed by atoms with E-state index in [9.17, 15) is 4.79 Å².